The van der Waals surface area contributed by atoms with E-state index in [9.17, 15) is 17.7 Å². The van der Waals surface area contributed by atoms with Crippen LogP contribution in [-0.2, 0) is 23.8 Å². The number of fused-ring (bicyclic) bond motifs is 1. The molecule has 32 heavy (non-hydrogen) atoms. The van der Waals surface area contributed by atoms with E-state index < -0.39 is 22.9 Å². The van der Waals surface area contributed by atoms with E-state index in [4.69, 9.17) is 23.2 Å². The van der Waals surface area contributed by atoms with Crippen LogP contribution in [0.25, 0.3) is 22.2 Å². The van der Waals surface area contributed by atoms with Gasteiger partial charge in [-0.3, -0.25) is 0 Å². The van der Waals surface area contributed by atoms with E-state index in [1.54, 1.807) is 0 Å². The normalized spacial score (nSPS) is 13.0. The Bertz CT molecular complexity index is 1270. The number of nitrogens with zero attached hydrogens (tertiary/aromatic N) is 1. The highest BCUT2D eigenvalue weighted by Gasteiger charge is 2.34. The molecule has 0 bridgehead atoms. The van der Waals surface area contributed by atoms with Crippen LogP contribution in [0.5, 0.6) is 0 Å². The first-order valence-corrected chi connectivity index (χ1v) is 11.8. The molecular formula is C23H17Cl2F3N2OS. The molecule has 3 nitrogen and oxygen atoms in total. The van der Waals surface area contributed by atoms with Gasteiger partial charge in [-0.15, -0.1) is 0 Å². The molecule has 0 aliphatic heterocycles. The number of aromatic nitrogens is 2. The highest BCUT2D eigenvalue weighted by molar-refractivity contribution is 7.91. The Balaban J connectivity index is 1.73. The largest absolute Gasteiger partial charge is 0.611 e. The van der Waals surface area contributed by atoms with Crippen molar-refractivity contribution >= 4 is 45.4 Å². The SMILES string of the molecule is CC[S+]([O-])c1ccc(Cc2nc3c(Cl)c(-c4ccccc4C(F)(F)F)c(Cl)cc3[nH]2)cc1. The molecule has 0 fully saturated rings. The van der Waals surface area contributed by atoms with E-state index in [0.717, 1.165) is 16.5 Å². The van der Waals surface area contributed by atoms with Crippen LogP contribution in [0.2, 0.25) is 10.0 Å². The van der Waals surface area contributed by atoms with Gasteiger partial charge in [-0.2, -0.15) is 13.2 Å². The first-order chi connectivity index (χ1) is 15.2. The van der Waals surface area contributed by atoms with E-state index in [-0.39, 0.29) is 21.2 Å². The minimum absolute atomic E-state index is 0.0559. The fourth-order valence-electron chi connectivity index (χ4n) is 3.53. The summed E-state index contributed by atoms with van der Waals surface area (Å²) in [6.07, 6.45) is -4.11. The number of imidazole rings is 1. The Morgan fingerprint density at radius 2 is 1.75 bits per heavy atom. The van der Waals surface area contributed by atoms with E-state index in [2.05, 4.69) is 9.97 Å². The van der Waals surface area contributed by atoms with Gasteiger partial charge in [0.2, 0.25) is 0 Å². The van der Waals surface area contributed by atoms with Gasteiger partial charge in [-0.05, 0) is 53.5 Å². The zero-order valence-electron chi connectivity index (χ0n) is 16.8. The fraction of sp³-hybridized carbons (Fsp3) is 0.174. The molecule has 0 saturated heterocycles. The summed E-state index contributed by atoms with van der Waals surface area (Å²) in [5.41, 5.74) is 1.00. The van der Waals surface area contributed by atoms with Gasteiger partial charge < -0.3 is 9.54 Å². The molecule has 0 spiro atoms. The van der Waals surface area contributed by atoms with Crippen molar-refractivity contribution in [1.82, 2.24) is 9.97 Å². The van der Waals surface area contributed by atoms with Gasteiger partial charge in [-0.25, -0.2) is 4.98 Å². The first kappa shape index (κ1) is 23.0. The van der Waals surface area contributed by atoms with Crippen LogP contribution in [0.1, 0.15) is 23.9 Å². The number of hydrogen-bond donors (Lipinski definition) is 1. The van der Waals surface area contributed by atoms with Crippen molar-refractivity contribution in [2.24, 2.45) is 0 Å². The van der Waals surface area contributed by atoms with E-state index >= 15 is 0 Å². The number of halogens is 5. The number of H-pyrrole nitrogens is 1. The number of nitrogens with one attached hydrogen (secondary N) is 1. The highest BCUT2D eigenvalue weighted by atomic mass is 35.5. The lowest BCUT2D eigenvalue weighted by Crippen LogP contribution is -2.07. The molecule has 1 unspecified atom stereocenters. The van der Waals surface area contributed by atoms with Crippen LogP contribution in [0.3, 0.4) is 0 Å². The zero-order chi connectivity index (χ0) is 23.0. The molecule has 1 heterocycles. The van der Waals surface area contributed by atoms with Crippen molar-refractivity contribution in [2.45, 2.75) is 24.4 Å². The third-order valence-corrected chi connectivity index (χ3v) is 7.03. The fourth-order valence-corrected chi connectivity index (χ4v) is 5.00. The molecule has 166 valence electrons. The van der Waals surface area contributed by atoms with Crippen molar-refractivity contribution < 1.29 is 17.7 Å². The molecule has 3 aromatic carbocycles. The molecule has 4 aromatic rings. The molecule has 0 amide bonds. The van der Waals surface area contributed by atoms with Crippen LogP contribution < -0.4 is 0 Å². The number of benzene rings is 3. The summed E-state index contributed by atoms with van der Waals surface area (Å²) in [5.74, 6) is 1.13. The van der Waals surface area contributed by atoms with Gasteiger partial charge >= 0.3 is 6.18 Å². The van der Waals surface area contributed by atoms with Crippen molar-refractivity contribution in [1.29, 1.82) is 0 Å². The summed E-state index contributed by atoms with van der Waals surface area (Å²) < 4.78 is 52.5. The van der Waals surface area contributed by atoms with E-state index in [1.165, 1.54) is 24.3 Å². The average Bonchev–Trinajstić information content (AvgIpc) is 3.16. The topological polar surface area (TPSA) is 51.7 Å². The van der Waals surface area contributed by atoms with Gasteiger partial charge in [0.1, 0.15) is 17.1 Å². The zero-order valence-corrected chi connectivity index (χ0v) is 19.1. The molecule has 9 heteroatoms. The van der Waals surface area contributed by atoms with Gasteiger partial charge in [0.15, 0.2) is 4.90 Å². The summed E-state index contributed by atoms with van der Waals surface area (Å²) in [4.78, 5) is 8.40. The first-order valence-electron chi connectivity index (χ1n) is 9.69. The predicted molar refractivity (Wildman–Crippen MR) is 123 cm³/mol. The number of aromatic amines is 1. The Morgan fingerprint density at radius 3 is 2.41 bits per heavy atom. The summed E-state index contributed by atoms with van der Waals surface area (Å²) in [6.45, 7) is 1.86. The van der Waals surface area contributed by atoms with Crippen LogP contribution in [0.15, 0.2) is 59.5 Å². The second-order valence-electron chi connectivity index (χ2n) is 7.13. The van der Waals surface area contributed by atoms with Gasteiger partial charge in [0, 0.05) is 12.0 Å². The van der Waals surface area contributed by atoms with E-state index in [1.807, 2.05) is 31.2 Å². The molecule has 1 aromatic heterocycles. The summed E-state index contributed by atoms with van der Waals surface area (Å²) in [5, 5.41) is 0.154. The molecule has 4 rings (SSSR count). The third kappa shape index (κ3) is 4.48. The Morgan fingerprint density at radius 1 is 1.06 bits per heavy atom. The van der Waals surface area contributed by atoms with Crippen LogP contribution in [0.4, 0.5) is 13.2 Å². The van der Waals surface area contributed by atoms with Crippen LogP contribution >= 0.6 is 23.2 Å². The minimum atomic E-state index is -4.55. The van der Waals surface area contributed by atoms with Crippen molar-refractivity contribution in [3.8, 4) is 11.1 Å². The lowest BCUT2D eigenvalue weighted by Gasteiger charge is -2.15. The average molecular weight is 497 g/mol. The maximum atomic E-state index is 13.5. The predicted octanol–water partition coefficient (Wildman–Crippen LogP) is 7.27. The number of rotatable bonds is 5. The molecule has 0 saturated carbocycles. The minimum Gasteiger partial charge on any atom is -0.611 e. The van der Waals surface area contributed by atoms with Gasteiger partial charge in [-0.1, -0.05) is 53.5 Å². The standard InChI is InChI=1S/C23H17Cl2F3N2OS/c1-2-32(31)14-9-7-13(8-10-14)11-19-29-18-12-17(24)20(21(25)22(18)30-19)15-5-3-4-6-16(15)23(26,27)28/h3-10,12H,2,11H2,1H3,(H,29,30). The highest BCUT2D eigenvalue weighted by Crippen LogP contribution is 2.44. The molecule has 0 aliphatic carbocycles. The van der Waals surface area contributed by atoms with Crippen molar-refractivity contribution in [2.75, 3.05) is 5.75 Å². The lowest BCUT2D eigenvalue weighted by atomic mass is 9.98. The smallest absolute Gasteiger partial charge is 0.417 e. The number of alkyl halides is 3. The van der Waals surface area contributed by atoms with Crippen LogP contribution in [-0.4, -0.2) is 20.3 Å². The number of hydrogen-bond acceptors (Lipinski definition) is 2. The summed E-state index contributed by atoms with van der Waals surface area (Å²) in [6, 6.07) is 14.1. The van der Waals surface area contributed by atoms with Crippen molar-refractivity contribution in [3.05, 3.63) is 81.6 Å². The van der Waals surface area contributed by atoms with Gasteiger partial charge in [0.05, 0.1) is 21.1 Å². The second-order valence-corrected chi connectivity index (χ2v) is 9.65. The quantitative estimate of drug-likeness (QED) is 0.295. The van der Waals surface area contributed by atoms with Crippen molar-refractivity contribution in [3.63, 3.8) is 0 Å². The van der Waals surface area contributed by atoms with Gasteiger partial charge in [0.25, 0.3) is 0 Å². The van der Waals surface area contributed by atoms with Crippen LogP contribution in [0, 0.1) is 0 Å². The summed E-state index contributed by atoms with van der Waals surface area (Å²) in [7, 11) is 0. The molecule has 1 N–H and O–H groups in total. The third-order valence-electron chi connectivity index (χ3n) is 5.04. The maximum Gasteiger partial charge on any atom is 0.417 e. The molecule has 0 radical (unpaired) electrons. The molecule has 0 aliphatic rings. The maximum absolute atomic E-state index is 13.5. The second kappa shape index (κ2) is 8.98. The molecule has 1 atom stereocenters. The van der Waals surface area contributed by atoms with E-state index in [0.29, 0.717) is 29.0 Å². The molecular weight excluding hydrogens is 480 g/mol. The monoisotopic (exact) mass is 496 g/mol. The summed E-state index contributed by atoms with van der Waals surface area (Å²) >= 11 is 11.9. The Kier molecular flexibility index (Phi) is 6.45. The Hall–Kier alpha value is -2.19. The Labute approximate surface area is 195 Å². The lowest BCUT2D eigenvalue weighted by molar-refractivity contribution is -0.137.